The molecule has 0 bridgehead atoms. The van der Waals surface area contributed by atoms with Crippen LogP contribution in [0.25, 0.3) is 0 Å². The van der Waals surface area contributed by atoms with Crippen LogP contribution < -0.4 is 10.6 Å². The maximum atomic E-state index is 10.9. The number of aromatic hydroxyl groups is 1. The zero-order valence-corrected chi connectivity index (χ0v) is 8.84. The lowest BCUT2D eigenvalue weighted by atomic mass is 10.1. The van der Waals surface area contributed by atoms with E-state index < -0.39 is 0 Å². The van der Waals surface area contributed by atoms with E-state index in [2.05, 4.69) is 26.6 Å². The minimum absolute atomic E-state index is 0.153. The van der Waals surface area contributed by atoms with Crippen LogP contribution in [0.5, 0.6) is 5.75 Å². The molecule has 14 heavy (non-hydrogen) atoms. The Morgan fingerprint density at radius 1 is 1.50 bits per heavy atom. The fourth-order valence-corrected chi connectivity index (χ4v) is 1.84. The molecule has 1 aromatic carbocycles. The molecule has 1 saturated heterocycles. The summed E-state index contributed by atoms with van der Waals surface area (Å²) < 4.78 is 0.635. The van der Waals surface area contributed by atoms with Crippen molar-refractivity contribution in [1.29, 1.82) is 0 Å². The first-order valence-electron chi connectivity index (χ1n) is 4.20. The average molecular weight is 257 g/mol. The number of halogens is 1. The van der Waals surface area contributed by atoms with Crippen LogP contribution in [0, 0.1) is 0 Å². The molecule has 1 heterocycles. The first kappa shape index (κ1) is 9.33. The van der Waals surface area contributed by atoms with Gasteiger partial charge in [-0.15, -0.1) is 0 Å². The maximum absolute atomic E-state index is 10.9. The summed E-state index contributed by atoms with van der Waals surface area (Å²) in [6.45, 7) is 0.503. The Kier molecular flexibility index (Phi) is 2.33. The van der Waals surface area contributed by atoms with Gasteiger partial charge in [-0.05, 0) is 22.0 Å². The van der Waals surface area contributed by atoms with Crippen molar-refractivity contribution in [3.05, 3.63) is 28.2 Å². The van der Waals surface area contributed by atoms with E-state index >= 15 is 0 Å². The van der Waals surface area contributed by atoms with E-state index in [0.717, 1.165) is 5.56 Å². The first-order chi connectivity index (χ1) is 6.68. The summed E-state index contributed by atoms with van der Waals surface area (Å²) in [6, 6.07) is 5.01. The van der Waals surface area contributed by atoms with Crippen LogP contribution in [-0.4, -0.2) is 17.7 Å². The van der Waals surface area contributed by atoms with Crippen molar-refractivity contribution in [2.45, 2.75) is 6.04 Å². The summed E-state index contributed by atoms with van der Waals surface area (Å²) in [5.41, 5.74) is 0.720. The Hall–Kier alpha value is -1.23. The van der Waals surface area contributed by atoms with Gasteiger partial charge < -0.3 is 15.7 Å². The molecule has 1 atom stereocenters. The molecular formula is C9H9BrN2O2. The Morgan fingerprint density at radius 3 is 2.93 bits per heavy atom. The SMILES string of the molecule is O=C1NC[C@@H](c2cccc(Br)c2O)N1. The van der Waals surface area contributed by atoms with Gasteiger partial charge in [0.2, 0.25) is 0 Å². The van der Waals surface area contributed by atoms with Gasteiger partial charge in [-0.2, -0.15) is 0 Å². The molecule has 2 rings (SSSR count). The number of urea groups is 1. The van der Waals surface area contributed by atoms with Gasteiger partial charge in [-0.1, -0.05) is 12.1 Å². The fourth-order valence-electron chi connectivity index (χ4n) is 1.46. The van der Waals surface area contributed by atoms with Crippen molar-refractivity contribution in [3.8, 4) is 5.75 Å². The topological polar surface area (TPSA) is 61.4 Å². The number of carbonyl (C=O) groups is 1. The van der Waals surface area contributed by atoms with Crippen LogP contribution >= 0.6 is 15.9 Å². The largest absolute Gasteiger partial charge is 0.506 e. The number of nitrogens with one attached hydrogen (secondary N) is 2. The van der Waals surface area contributed by atoms with Crippen molar-refractivity contribution in [2.24, 2.45) is 0 Å². The van der Waals surface area contributed by atoms with Gasteiger partial charge in [0.05, 0.1) is 10.5 Å². The number of rotatable bonds is 1. The lowest BCUT2D eigenvalue weighted by Crippen LogP contribution is -2.21. The van der Waals surface area contributed by atoms with E-state index in [1.165, 1.54) is 0 Å². The third-order valence-corrected chi connectivity index (χ3v) is 2.81. The van der Waals surface area contributed by atoms with Crippen molar-refractivity contribution in [3.63, 3.8) is 0 Å². The van der Waals surface area contributed by atoms with E-state index in [9.17, 15) is 9.90 Å². The number of amides is 2. The summed E-state index contributed by atoms with van der Waals surface area (Å²) in [7, 11) is 0. The van der Waals surface area contributed by atoms with Gasteiger partial charge >= 0.3 is 6.03 Å². The fraction of sp³-hybridized carbons (Fsp3) is 0.222. The Labute approximate surface area is 89.4 Å². The van der Waals surface area contributed by atoms with Gasteiger partial charge in [-0.3, -0.25) is 0 Å². The molecule has 1 fully saturated rings. The Balaban J connectivity index is 2.32. The monoisotopic (exact) mass is 256 g/mol. The molecule has 0 aliphatic carbocycles. The molecule has 5 heteroatoms. The van der Waals surface area contributed by atoms with Crippen LogP contribution in [0.1, 0.15) is 11.6 Å². The number of para-hydroxylation sites is 1. The highest BCUT2D eigenvalue weighted by Gasteiger charge is 2.24. The minimum Gasteiger partial charge on any atom is -0.506 e. The number of benzene rings is 1. The van der Waals surface area contributed by atoms with Crippen molar-refractivity contribution in [1.82, 2.24) is 10.6 Å². The highest BCUT2D eigenvalue weighted by molar-refractivity contribution is 9.10. The van der Waals surface area contributed by atoms with E-state index in [-0.39, 0.29) is 17.8 Å². The second-order valence-corrected chi connectivity index (χ2v) is 3.94. The predicted molar refractivity (Wildman–Crippen MR) is 55.1 cm³/mol. The number of hydrogen-bond acceptors (Lipinski definition) is 2. The van der Waals surface area contributed by atoms with Crippen LogP contribution in [-0.2, 0) is 0 Å². The highest BCUT2D eigenvalue weighted by Crippen LogP contribution is 2.32. The van der Waals surface area contributed by atoms with Crippen molar-refractivity contribution >= 4 is 22.0 Å². The lowest BCUT2D eigenvalue weighted by Gasteiger charge is -2.11. The Bertz CT molecular complexity index is 381. The normalized spacial score (nSPS) is 20.4. The quantitative estimate of drug-likeness (QED) is 0.714. The van der Waals surface area contributed by atoms with Crippen molar-refractivity contribution in [2.75, 3.05) is 6.54 Å². The molecule has 1 aromatic rings. The van der Waals surface area contributed by atoms with Crippen LogP contribution in [0.4, 0.5) is 4.79 Å². The van der Waals surface area contributed by atoms with Crippen LogP contribution in [0.2, 0.25) is 0 Å². The summed E-state index contributed by atoms with van der Waals surface area (Å²) in [5.74, 6) is 0.182. The van der Waals surface area contributed by atoms with E-state index in [0.29, 0.717) is 11.0 Å². The van der Waals surface area contributed by atoms with Crippen LogP contribution in [0.3, 0.4) is 0 Å². The molecule has 0 aromatic heterocycles. The molecular weight excluding hydrogens is 248 g/mol. The number of carbonyl (C=O) groups excluding carboxylic acids is 1. The maximum Gasteiger partial charge on any atom is 0.315 e. The molecule has 1 aliphatic heterocycles. The molecule has 4 nitrogen and oxygen atoms in total. The summed E-state index contributed by atoms with van der Waals surface area (Å²) in [5, 5.41) is 15.1. The standard InChI is InChI=1S/C9H9BrN2O2/c10-6-3-1-2-5(8(6)13)7-4-11-9(14)12-7/h1-3,7,13H,4H2,(H2,11,12,14)/t7-/m0/s1. The molecule has 0 spiro atoms. The van der Waals surface area contributed by atoms with Crippen LogP contribution in [0.15, 0.2) is 22.7 Å². The average Bonchev–Trinajstić information content (AvgIpc) is 2.57. The van der Waals surface area contributed by atoms with E-state index in [4.69, 9.17) is 0 Å². The van der Waals surface area contributed by atoms with Gasteiger partial charge in [0, 0.05) is 12.1 Å². The number of phenolic OH excluding ortho intramolecular Hbond substituents is 1. The molecule has 0 radical (unpaired) electrons. The lowest BCUT2D eigenvalue weighted by molar-refractivity contribution is 0.247. The zero-order valence-electron chi connectivity index (χ0n) is 7.25. The predicted octanol–water partition coefficient (Wildman–Crippen LogP) is 1.51. The Morgan fingerprint density at radius 2 is 2.29 bits per heavy atom. The number of phenols is 1. The van der Waals surface area contributed by atoms with Crippen molar-refractivity contribution < 1.29 is 9.90 Å². The third-order valence-electron chi connectivity index (χ3n) is 2.17. The highest BCUT2D eigenvalue weighted by atomic mass is 79.9. The van der Waals surface area contributed by atoms with Gasteiger partial charge in [0.1, 0.15) is 5.75 Å². The molecule has 2 amide bonds. The molecule has 1 aliphatic rings. The molecule has 0 unspecified atom stereocenters. The molecule has 74 valence electrons. The van der Waals surface area contributed by atoms with E-state index in [1.54, 1.807) is 12.1 Å². The molecule has 0 saturated carbocycles. The number of hydrogen-bond donors (Lipinski definition) is 3. The minimum atomic E-state index is -0.200. The second-order valence-electron chi connectivity index (χ2n) is 3.08. The summed E-state index contributed by atoms with van der Waals surface area (Å²) >= 11 is 3.23. The first-order valence-corrected chi connectivity index (χ1v) is 4.99. The third kappa shape index (κ3) is 1.55. The van der Waals surface area contributed by atoms with Gasteiger partial charge in [0.15, 0.2) is 0 Å². The van der Waals surface area contributed by atoms with E-state index in [1.807, 2.05) is 6.07 Å². The second kappa shape index (κ2) is 3.49. The smallest absolute Gasteiger partial charge is 0.315 e. The van der Waals surface area contributed by atoms with Gasteiger partial charge in [-0.25, -0.2) is 4.79 Å². The van der Waals surface area contributed by atoms with Gasteiger partial charge in [0.25, 0.3) is 0 Å². The zero-order chi connectivity index (χ0) is 10.1. The summed E-state index contributed by atoms with van der Waals surface area (Å²) in [6.07, 6.45) is 0. The molecule has 3 N–H and O–H groups in total. The summed E-state index contributed by atoms with van der Waals surface area (Å²) in [4.78, 5) is 10.9.